The number of nitrogens with two attached hydrogens (primary N) is 1. The van der Waals surface area contributed by atoms with Crippen molar-refractivity contribution < 1.29 is 14.3 Å². The van der Waals surface area contributed by atoms with Crippen molar-refractivity contribution in [2.24, 2.45) is 11.7 Å². The number of hydrogen-bond donors (Lipinski definition) is 1. The van der Waals surface area contributed by atoms with Crippen molar-refractivity contribution in [3.05, 3.63) is 0 Å². The molecule has 2 N–H and O–H groups in total. The van der Waals surface area contributed by atoms with Gasteiger partial charge < -0.3 is 20.3 Å². The van der Waals surface area contributed by atoms with Crippen molar-refractivity contribution in [2.45, 2.75) is 19.9 Å². The van der Waals surface area contributed by atoms with Gasteiger partial charge in [0, 0.05) is 26.2 Å². The Bertz CT molecular complexity index is 286. The van der Waals surface area contributed by atoms with Gasteiger partial charge in [-0.1, -0.05) is 13.8 Å². The molecule has 98 valence electrons. The Morgan fingerprint density at radius 3 is 2.00 bits per heavy atom. The van der Waals surface area contributed by atoms with Crippen molar-refractivity contribution in [1.82, 2.24) is 9.80 Å². The fraction of sp³-hybridized carbons (Fsp3) is 0.818. The first-order chi connectivity index (χ1) is 7.97. The number of carbonyl (C=O) groups is 2. The van der Waals surface area contributed by atoms with E-state index in [1.165, 1.54) is 7.11 Å². The summed E-state index contributed by atoms with van der Waals surface area (Å²) < 4.78 is 4.63. The average Bonchev–Trinajstić information content (AvgIpc) is 2.36. The lowest BCUT2D eigenvalue weighted by Gasteiger charge is -2.35. The first-order valence-electron chi connectivity index (χ1n) is 5.84. The zero-order valence-corrected chi connectivity index (χ0v) is 10.7. The highest BCUT2D eigenvalue weighted by Crippen LogP contribution is 2.08. The highest BCUT2D eigenvalue weighted by atomic mass is 16.5. The predicted molar refractivity (Wildman–Crippen MR) is 63.4 cm³/mol. The van der Waals surface area contributed by atoms with Crippen LogP contribution >= 0.6 is 0 Å². The number of ether oxygens (including phenoxy) is 1. The van der Waals surface area contributed by atoms with Crippen molar-refractivity contribution >= 4 is 12.0 Å². The first kappa shape index (κ1) is 13.8. The van der Waals surface area contributed by atoms with Crippen LogP contribution in [0.3, 0.4) is 0 Å². The summed E-state index contributed by atoms with van der Waals surface area (Å²) in [5, 5.41) is 0. The lowest BCUT2D eigenvalue weighted by molar-refractivity contribution is -0.135. The van der Waals surface area contributed by atoms with Gasteiger partial charge in [-0.05, 0) is 5.92 Å². The molecule has 17 heavy (non-hydrogen) atoms. The summed E-state index contributed by atoms with van der Waals surface area (Å²) in [6.07, 6.45) is -0.342. The lowest BCUT2D eigenvalue weighted by atomic mass is 10.0. The smallest absolute Gasteiger partial charge is 0.409 e. The fourth-order valence-corrected chi connectivity index (χ4v) is 1.73. The van der Waals surface area contributed by atoms with E-state index in [-0.39, 0.29) is 17.9 Å². The maximum Gasteiger partial charge on any atom is 0.409 e. The van der Waals surface area contributed by atoms with Crippen molar-refractivity contribution in [3.63, 3.8) is 0 Å². The van der Waals surface area contributed by atoms with Gasteiger partial charge in [-0.3, -0.25) is 4.79 Å². The van der Waals surface area contributed by atoms with E-state index in [0.29, 0.717) is 26.2 Å². The van der Waals surface area contributed by atoms with Gasteiger partial charge in [-0.2, -0.15) is 0 Å². The molecule has 0 aromatic carbocycles. The summed E-state index contributed by atoms with van der Waals surface area (Å²) in [6, 6.07) is -0.459. The van der Waals surface area contributed by atoms with E-state index >= 15 is 0 Å². The normalized spacial score (nSPS) is 18.2. The van der Waals surface area contributed by atoms with E-state index in [1.807, 2.05) is 13.8 Å². The van der Waals surface area contributed by atoms with Gasteiger partial charge >= 0.3 is 6.09 Å². The Morgan fingerprint density at radius 1 is 1.12 bits per heavy atom. The molecule has 2 amide bonds. The molecule has 0 bridgehead atoms. The second-order valence-electron chi connectivity index (χ2n) is 4.55. The molecule has 1 atom stereocenters. The van der Waals surface area contributed by atoms with Crippen LogP contribution in [0.2, 0.25) is 0 Å². The van der Waals surface area contributed by atoms with Crippen LogP contribution in [-0.4, -0.2) is 61.1 Å². The molecule has 1 unspecified atom stereocenters. The summed E-state index contributed by atoms with van der Waals surface area (Å²) in [6.45, 7) is 5.90. The average molecular weight is 243 g/mol. The number of amides is 2. The highest BCUT2D eigenvalue weighted by Gasteiger charge is 2.28. The summed E-state index contributed by atoms with van der Waals surface area (Å²) in [7, 11) is 1.36. The lowest BCUT2D eigenvalue weighted by Crippen LogP contribution is -2.55. The number of nitrogens with zero attached hydrogens (tertiary/aromatic N) is 2. The molecule has 1 rings (SSSR count). The quantitative estimate of drug-likeness (QED) is 0.733. The Morgan fingerprint density at radius 2 is 1.59 bits per heavy atom. The number of hydrogen-bond acceptors (Lipinski definition) is 4. The standard InChI is InChI=1S/C11H21N3O3/c1-8(2)9(12)10(15)13-4-6-14(7-5-13)11(16)17-3/h8-9H,4-7,12H2,1-3H3. The third kappa shape index (κ3) is 3.33. The largest absolute Gasteiger partial charge is 0.453 e. The third-order valence-electron chi connectivity index (χ3n) is 3.03. The van der Waals surface area contributed by atoms with Crippen molar-refractivity contribution in [3.8, 4) is 0 Å². The zero-order valence-electron chi connectivity index (χ0n) is 10.7. The van der Waals surface area contributed by atoms with Crippen LogP contribution in [0.1, 0.15) is 13.8 Å². The minimum atomic E-state index is -0.459. The number of piperazine rings is 1. The Hall–Kier alpha value is -1.30. The summed E-state index contributed by atoms with van der Waals surface area (Å²) in [4.78, 5) is 26.5. The minimum Gasteiger partial charge on any atom is -0.453 e. The number of carbonyl (C=O) groups excluding carboxylic acids is 2. The maximum atomic E-state index is 12.0. The minimum absolute atomic E-state index is 0.0375. The fourth-order valence-electron chi connectivity index (χ4n) is 1.73. The van der Waals surface area contributed by atoms with Crippen LogP contribution in [0.25, 0.3) is 0 Å². The molecule has 0 aliphatic carbocycles. The highest BCUT2D eigenvalue weighted by molar-refractivity contribution is 5.82. The summed E-state index contributed by atoms with van der Waals surface area (Å²) in [5.74, 6) is 0.0886. The summed E-state index contributed by atoms with van der Waals surface area (Å²) in [5.41, 5.74) is 5.82. The number of rotatable bonds is 2. The Labute approximate surface area is 102 Å². The molecule has 1 heterocycles. The molecule has 6 nitrogen and oxygen atoms in total. The molecule has 1 saturated heterocycles. The molecular weight excluding hydrogens is 222 g/mol. The zero-order chi connectivity index (χ0) is 13.0. The van der Waals surface area contributed by atoms with Crippen LogP contribution < -0.4 is 5.73 Å². The topological polar surface area (TPSA) is 75.9 Å². The second-order valence-corrected chi connectivity index (χ2v) is 4.55. The molecule has 0 aromatic heterocycles. The van der Waals surface area contributed by atoms with E-state index in [2.05, 4.69) is 4.74 Å². The van der Waals surface area contributed by atoms with Gasteiger partial charge in [0.05, 0.1) is 13.2 Å². The van der Waals surface area contributed by atoms with Crippen LogP contribution in [0, 0.1) is 5.92 Å². The van der Waals surface area contributed by atoms with Gasteiger partial charge in [-0.15, -0.1) is 0 Å². The van der Waals surface area contributed by atoms with Gasteiger partial charge in [0.2, 0.25) is 5.91 Å². The molecule has 1 aliphatic rings. The van der Waals surface area contributed by atoms with Crippen LogP contribution in [0.5, 0.6) is 0 Å². The van der Waals surface area contributed by atoms with Gasteiger partial charge in [0.1, 0.15) is 0 Å². The van der Waals surface area contributed by atoms with E-state index in [4.69, 9.17) is 5.73 Å². The number of methoxy groups -OCH3 is 1. The molecule has 0 radical (unpaired) electrons. The molecule has 0 aromatic rings. The first-order valence-corrected chi connectivity index (χ1v) is 5.84. The third-order valence-corrected chi connectivity index (χ3v) is 3.03. The van der Waals surface area contributed by atoms with Gasteiger partial charge in [0.25, 0.3) is 0 Å². The molecule has 1 fully saturated rings. The molecule has 0 spiro atoms. The molecular formula is C11H21N3O3. The molecule has 6 heteroatoms. The van der Waals surface area contributed by atoms with E-state index in [1.54, 1.807) is 9.80 Å². The Balaban J connectivity index is 2.47. The van der Waals surface area contributed by atoms with Gasteiger partial charge in [0.15, 0.2) is 0 Å². The van der Waals surface area contributed by atoms with Crippen molar-refractivity contribution in [1.29, 1.82) is 0 Å². The second kappa shape index (κ2) is 5.86. The van der Waals surface area contributed by atoms with Crippen LogP contribution in [0.4, 0.5) is 4.79 Å². The molecule has 0 saturated carbocycles. The van der Waals surface area contributed by atoms with Crippen LogP contribution in [0.15, 0.2) is 0 Å². The molecule has 1 aliphatic heterocycles. The SMILES string of the molecule is COC(=O)N1CCN(C(=O)C(N)C(C)C)CC1. The Kier molecular flexibility index (Phi) is 4.74. The predicted octanol–water partition coefficient (Wildman–Crippen LogP) is -0.120. The van der Waals surface area contributed by atoms with Crippen LogP contribution in [-0.2, 0) is 9.53 Å². The van der Waals surface area contributed by atoms with E-state index < -0.39 is 6.04 Å². The van der Waals surface area contributed by atoms with Crippen molar-refractivity contribution in [2.75, 3.05) is 33.3 Å². The summed E-state index contributed by atoms with van der Waals surface area (Å²) >= 11 is 0. The van der Waals surface area contributed by atoms with E-state index in [9.17, 15) is 9.59 Å². The monoisotopic (exact) mass is 243 g/mol. The van der Waals surface area contributed by atoms with Gasteiger partial charge in [-0.25, -0.2) is 4.79 Å². The maximum absolute atomic E-state index is 12.0. The van der Waals surface area contributed by atoms with E-state index in [0.717, 1.165) is 0 Å².